The number of aromatic amines is 1. The Kier molecular flexibility index (Phi) is 38.2. The van der Waals surface area contributed by atoms with Crippen LogP contribution in [0.2, 0.25) is 0 Å². The van der Waals surface area contributed by atoms with Crippen LogP contribution in [0.5, 0.6) is 0 Å². The van der Waals surface area contributed by atoms with Gasteiger partial charge in [0.1, 0.15) is 76.6 Å². The van der Waals surface area contributed by atoms with Gasteiger partial charge in [-0.1, -0.05) is 32.6 Å². The topological polar surface area (TPSA) is 476 Å². The van der Waals surface area contributed by atoms with E-state index in [1.807, 2.05) is 102 Å². The van der Waals surface area contributed by atoms with Gasteiger partial charge in [-0.05, 0) is 189 Å². The minimum absolute atomic E-state index is 0.0343. The zero-order valence-electron chi connectivity index (χ0n) is 73.2. The maximum absolute atomic E-state index is 12.6. The number of likely N-dealkylation sites (tertiary alicyclic amines) is 2. The molecule has 0 spiro atoms. The molecule has 0 radical (unpaired) electrons. The first-order chi connectivity index (χ1) is 54.5. The molecule has 0 bridgehead atoms. The average molecular weight is 1670 g/mol. The molecular weight excluding hydrogens is 1540 g/mol. The van der Waals surface area contributed by atoms with E-state index in [9.17, 15) is 59.1 Å². The van der Waals surface area contributed by atoms with Gasteiger partial charge in [-0.3, -0.25) is 24.1 Å². The van der Waals surface area contributed by atoms with E-state index in [1.165, 1.54) is 40.5 Å². The first-order valence-corrected chi connectivity index (χ1v) is 38.7. The molecule has 1 saturated carbocycles. The van der Waals surface area contributed by atoms with E-state index < -0.39 is 106 Å². The van der Waals surface area contributed by atoms with E-state index in [0.29, 0.717) is 29.0 Å². The SMILES string of the molecule is C=C(C)OC.CC(=O)OC[C@H]1[C@@H]2OC(C)(C)O[C@@H]2[C@@H](CO)N1C(=O)OC(C)(C)C.CC(C)(C)OC(=O)n1cccc1.CC[C@@H]1[C@H]2OC(C)(C)O[C@H]2[C@H](CC#N)N1C(=O)OC(C)(C)C.CC[C@H]1C=C[C@@H](CO)N1C(=O)OC(C)(C)C.COC(=O)c1ccc(C)n1C(=O)OC(C)(C)C.Nc1ncnc2c([C@@H]3C[C@H](CO)[C@@H](O)[C@H]3O)c[nH]c12.O=C=O. The van der Waals surface area contributed by atoms with Crippen LogP contribution >= 0.6 is 0 Å². The molecule has 662 valence electrons. The van der Waals surface area contributed by atoms with Crippen molar-refractivity contribution in [3.63, 3.8) is 0 Å². The summed E-state index contributed by atoms with van der Waals surface area (Å²) < 4.78 is 67.1. The number of hydrogen-bond acceptors (Lipinski definition) is 30. The molecule has 14 atom stereocenters. The highest BCUT2D eigenvalue weighted by molar-refractivity contribution is 5.92. The normalized spacial score (nSPS) is 24.2. The number of nitriles is 1. The minimum atomic E-state index is -0.917. The number of nitrogens with one attached hydrogen (secondary N) is 1. The number of anilines is 1. The van der Waals surface area contributed by atoms with Gasteiger partial charge in [-0.2, -0.15) is 14.9 Å². The lowest BCUT2D eigenvalue weighted by atomic mass is 9.96. The maximum Gasteiger partial charge on any atom is 0.419 e. The largest absolute Gasteiger partial charge is 0.502 e. The molecule has 8 N–H and O–H groups in total. The van der Waals surface area contributed by atoms with Crippen molar-refractivity contribution in [2.24, 2.45) is 5.92 Å². The Hall–Kier alpha value is -9.54. The van der Waals surface area contributed by atoms with Crippen molar-refractivity contribution in [3.8, 4) is 6.07 Å². The quantitative estimate of drug-likeness (QED) is 0.0317. The number of allylic oxidation sites excluding steroid dienone is 1. The monoisotopic (exact) mass is 1670 g/mol. The molecule has 4 aromatic rings. The molecule has 5 aliphatic heterocycles. The molecule has 118 heavy (non-hydrogen) atoms. The number of aryl methyl sites for hydroxylation is 1. The number of aliphatic hydroxyl groups is 5. The van der Waals surface area contributed by atoms with Crippen LogP contribution in [0.15, 0.2) is 73.7 Å². The minimum Gasteiger partial charge on any atom is -0.502 e. The lowest BCUT2D eigenvalue weighted by Gasteiger charge is -2.34. The van der Waals surface area contributed by atoms with Crippen molar-refractivity contribution in [1.29, 1.82) is 5.26 Å². The molecule has 0 unspecified atom stereocenters. The molecular formula is C82H128N10O26. The number of methoxy groups -OCH3 is 2. The summed E-state index contributed by atoms with van der Waals surface area (Å²) >= 11 is 0. The summed E-state index contributed by atoms with van der Waals surface area (Å²) in [6, 6.07) is 7.00. The van der Waals surface area contributed by atoms with Crippen LogP contribution in [0, 0.1) is 24.2 Å². The fourth-order valence-corrected chi connectivity index (χ4v) is 13.2. The van der Waals surface area contributed by atoms with Gasteiger partial charge >= 0.3 is 48.6 Å². The Morgan fingerprint density at radius 2 is 1.06 bits per heavy atom. The number of ether oxygens (including phenoxy) is 12. The third kappa shape index (κ3) is 30.4. The van der Waals surface area contributed by atoms with E-state index >= 15 is 0 Å². The van der Waals surface area contributed by atoms with Crippen molar-refractivity contribution in [2.45, 2.75) is 310 Å². The van der Waals surface area contributed by atoms with Crippen LogP contribution in [0.1, 0.15) is 213 Å². The molecule has 4 saturated heterocycles. The Balaban J connectivity index is 0.000000363. The van der Waals surface area contributed by atoms with Gasteiger partial charge in [0.15, 0.2) is 17.4 Å². The lowest BCUT2D eigenvalue weighted by molar-refractivity contribution is -0.192. The summed E-state index contributed by atoms with van der Waals surface area (Å²) in [7, 11) is 2.87. The maximum atomic E-state index is 12.6. The molecule has 36 nitrogen and oxygen atoms in total. The Morgan fingerprint density at radius 3 is 1.47 bits per heavy atom. The Bertz CT molecular complexity index is 4020. The summed E-state index contributed by atoms with van der Waals surface area (Å²) in [4.78, 5) is 115. The molecule has 36 heteroatoms. The number of aromatic nitrogens is 5. The summed E-state index contributed by atoms with van der Waals surface area (Å²) in [6.07, 6.45) is 7.11. The molecule has 1 aliphatic carbocycles. The fourth-order valence-electron chi connectivity index (χ4n) is 13.2. The molecule has 9 heterocycles. The van der Waals surface area contributed by atoms with Crippen LogP contribution < -0.4 is 5.73 Å². The molecule has 0 aromatic carbocycles. The van der Waals surface area contributed by atoms with Crippen LogP contribution in [0.3, 0.4) is 0 Å². The highest BCUT2D eigenvalue weighted by Crippen LogP contribution is 2.45. The summed E-state index contributed by atoms with van der Waals surface area (Å²) in [6.45, 7) is 46.1. The number of rotatable bonds is 11. The summed E-state index contributed by atoms with van der Waals surface area (Å²) in [5.74, 6) is -2.02. The number of amides is 3. The Labute approximate surface area is 691 Å². The van der Waals surface area contributed by atoms with E-state index in [1.54, 1.807) is 123 Å². The van der Waals surface area contributed by atoms with Gasteiger partial charge in [0, 0.05) is 55.2 Å². The van der Waals surface area contributed by atoms with E-state index in [2.05, 4.69) is 37.1 Å². The van der Waals surface area contributed by atoms with Crippen molar-refractivity contribution < 1.29 is 126 Å². The van der Waals surface area contributed by atoms with Gasteiger partial charge in [-0.25, -0.2) is 43.3 Å². The second-order valence-electron chi connectivity index (χ2n) is 34.1. The number of esters is 2. The first kappa shape index (κ1) is 103. The van der Waals surface area contributed by atoms with E-state index in [4.69, 9.17) is 68.0 Å². The highest BCUT2D eigenvalue weighted by Gasteiger charge is 2.61. The summed E-state index contributed by atoms with van der Waals surface area (Å²) in [5, 5.41) is 57.3. The number of nitrogens with zero attached hydrogens (tertiary/aromatic N) is 8. The number of H-pyrrole nitrogens is 1. The molecule has 5 fully saturated rings. The third-order valence-corrected chi connectivity index (χ3v) is 17.9. The van der Waals surface area contributed by atoms with Crippen LogP contribution in [0.25, 0.3) is 11.0 Å². The Morgan fingerprint density at radius 1 is 0.619 bits per heavy atom. The van der Waals surface area contributed by atoms with Crippen LogP contribution in [-0.2, 0) is 71.2 Å². The van der Waals surface area contributed by atoms with Crippen molar-refractivity contribution in [3.05, 3.63) is 90.6 Å². The van der Waals surface area contributed by atoms with Crippen molar-refractivity contribution in [2.75, 3.05) is 46.4 Å². The second-order valence-corrected chi connectivity index (χ2v) is 34.1. The number of carbonyl (C=O) groups is 7. The van der Waals surface area contributed by atoms with Gasteiger partial charge in [0.25, 0.3) is 0 Å². The van der Waals surface area contributed by atoms with Crippen molar-refractivity contribution >= 4 is 65.4 Å². The van der Waals surface area contributed by atoms with Crippen LogP contribution in [-0.4, -0.2) is 266 Å². The zero-order valence-corrected chi connectivity index (χ0v) is 73.2. The number of hydrogen-bond donors (Lipinski definition) is 7. The van der Waals surface area contributed by atoms with Gasteiger partial charge in [0.2, 0.25) is 0 Å². The molecule has 10 rings (SSSR count). The molecule has 6 aliphatic rings. The number of aliphatic hydroxyl groups excluding tert-OH is 5. The lowest BCUT2D eigenvalue weighted by Crippen LogP contribution is -2.51. The molecule has 4 aromatic heterocycles. The fraction of sp³-hybridized carbons (Fsp3) is 0.671. The van der Waals surface area contributed by atoms with E-state index in [0.717, 1.165) is 24.2 Å². The second kappa shape index (κ2) is 44.0. The number of fused-ring (bicyclic) bond motifs is 3. The van der Waals surface area contributed by atoms with Gasteiger partial charge < -0.3 is 93.1 Å². The highest BCUT2D eigenvalue weighted by atomic mass is 16.8. The average Bonchev–Trinajstić information content (AvgIpc) is 1.62. The molecule has 3 amide bonds. The predicted molar refractivity (Wildman–Crippen MR) is 429 cm³/mol. The number of nitrogens with two attached hydrogens (primary N) is 1. The predicted octanol–water partition coefficient (Wildman–Crippen LogP) is 10.4. The first-order valence-electron chi connectivity index (χ1n) is 38.7. The number of nitrogen functional groups attached to an aromatic ring is 1. The van der Waals surface area contributed by atoms with Gasteiger partial charge in [0.05, 0.1) is 99.7 Å². The summed E-state index contributed by atoms with van der Waals surface area (Å²) in [5.41, 5.74) is 5.81. The zero-order chi connectivity index (χ0) is 90.3. The van der Waals surface area contributed by atoms with E-state index in [-0.39, 0.29) is 105 Å². The standard InChI is InChI=1S/C16H26N2O4.C16H27NO7.C12H16N4O3.C12H17NO4.C12H21NO3.C9H13NO2.C4H8O.CO2/c1-7-10-12-13(21-16(5,6)20-12)11(8-9-17)18(10)14(19)22-15(2,3)4;1-9(19)21-8-11-13-12(22-16(5,6)23-13)10(7-18)17(11)14(20)24-15(2,3)4;13-12-9-8(15-4-16-12)7(2-14-9)6-1-5(3-17)10(18)11(6)19;1-8-6-7-9(10(14)16-5)13(8)11(15)17-12(2,3)4;1-5-9-6-7-10(8-14)13(9)11(15)16-12(2,3)4;1-9(2,3)12-8(11)10-6-4-5-7-10;1-4(2)5-3;2-1-3/h10-13H,7-8H2,1-6H3;10-13,18H,7-8H2,1-6H3;2,4-6,10-11,14,17-19H,1,3H2,(H2,13,15,16);6-7H,1-5H3;6-7,9-10,14H,5,8H2,1-4H3;4-7H,1-3H3;1H2,2-3H3;/t2*10-,11+,12-,13+;5-,6+,10-,11+;;9-,10-;;;/m111.0.../s1. The van der Waals surface area contributed by atoms with Gasteiger partial charge in [-0.15, -0.1) is 0 Å². The van der Waals surface area contributed by atoms with Crippen molar-refractivity contribution in [1.82, 2.24) is 38.8 Å². The number of carbonyl (C=O) groups excluding carboxylic acids is 9. The third-order valence-electron chi connectivity index (χ3n) is 17.9. The van der Waals surface area contributed by atoms with Crippen LogP contribution in [0.4, 0.5) is 29.8 Å². The smallest absolute Gasteiger partial charge is 0.419 e.